The maximum Gasteiger partial charge on any atom is 0.329 e. The maximum atomic E-state index is 11.5. The zero-order valence-electron chi connectivity index (χ0n) is 7.46. The fraction of sp³-hybridized carbons (Fsp3) is 0.111. The number of urea groups is 1. The molecule has 0 saturated carbocycles. The summed E-state index contributed by atoms with van der Waals surface area (Å²) >= 11 is 6.62. The van der Waals surface area contributed by atoms with Gasteiger partial charge in [0.25, 0.3) is 5.91 Å². The van der Waals surface area contributed by atoms with E-state index in [4.69, 9.17) is 0 Å². The van der Waals surface area contributed by atoms with Gasteiger partial charge in [0.1, 0.15) is 0 Å². The van der Waals surface area contributed by atoms with Crippen molar-refractivity contribution in [3.05, 3.63) is 27.1 Å². The summed E-state index contributed by atoms with van der Waals surface area (Å²) in [5, 5.41) is 2.47. The van der Waals surface area contributed by atoms with E-state index in [0.29, 0.717) is 14.6 Å². The Morgan fingerprint density at radius 2 is 1.80 bits per heavy atom. The van der Waals surface area contributed by atoms with Crippen molar-refractivity contribution in [1.29, 1.82) is 0 Å². The molecular weight excluding hydrogens is 328 g/mol. The Kier molecular flexibility index (Phi) is 2.79. The zero-order chi connectivity index (χ0) is 11.0. The summed E-state index contributed by atoms with van der Waals surface area (Å²) in [4.78, 5) is 24.1. The number of rotatable bonds is 1. The summed E-state index contributed by atoms with van der Waals surface area (Å²) in [6, 6.07) is 4.97. The molecule has 0 atom stereocenters. The second-order valence-corrected chi connectivity index (χ2v) is 4.67. The standard InChI is InChI=1S/C9H6Br2N2O2/c10-5-2-1-3-6(11)8(5)13-7(14)4-12-9(13)15/h1-3H,4H2,(H,12,15). The SMILES string of the molecule is O=C1CNC(=O)N1c1c(Br)cccc1Br. The second kappa shape index (κ2) is 3.94. The number of para-hydroxylation sites is 1. The van der Waals surface area contributed by atoms with E-state index < -0.39 is 6.03 Å². The van der Waals surface area contributed by atoms with E-state index >= 15 is 0 Å². The minimum atomic E-state index is -0.396. The highest BCUT2D eigenvalue weighted by Crippen LogP contribution is 2.34. The molecule has 0 radical (unpaired) electrons. The molecule has 1 aromatic rings. The summed E-state index contributed by atoms with van der Waals surface area (Å²) < 4.78 is 1.39. The Morgan fingerprint density at radius 3 is 2.27 bits per heavy atom. The summed E-state index contributed by atoms with van der Waals surface area (Å²) in [7, 11) is 0. The van der Waals surface area contributed by atoms with Crippen LogP contribution in [0.2, 0.25) is 0 Å². The van der Waals surface area contributed by atoms with E-state index in [1.54, 1.807) is 12.1 Å². The zero-order valence-corrected chi connectivity index (χ0v) is 10.6. The van der Waals surface area contributed by atoms with E-state index in [9.17, 15) is 9.59 Å². The molecule has 0 aromatic heterocycles. The first-order valence-corrected chi connectivity index (χ1v) is 5.74. The number of anilines is 1. The highest BCUT2D eigenvalue weighted by molar-refractivity contribution is 9.11. The third-order valence-electron chi connectivity index (χ3n) is 2.00. The number of nitrogens with zero attached hydrogens (tertiary/aromatic N) is 1. The molecule has 78 valence electrons. The van der Waals surface area contributed by atoms with Gasteiger partial charge in [0.15, 0.2) is 0 Å². The predicted octanol–water partition coefficient (Wildman–Crippen LogP) is 2.27. The molecule has 1 aliphatic heterocycles. The van der Waals surface area contributed by atoms with Crippen LogP contribution in [0.25, 0.3) is 0 Å². The molecule has 1 aliphatic rings. The maximum absolute atomic E-state index is 11.5. The molecule has 0 bridgehead atoms. The largest absolute Gasteiger partial charge is 0.329 e. The summed E-state index contributed by atoms with van der Waals surface area (Å²) in [6.45, 7) is 0.0482. The molecule has 2 rings (SSSR count). The summed E-state index contributed by atoms with van der Waals surface area (Å²) in [6.07, 6.45) is 0. The monoisotopic (exact) mass is 332 g/mol. The Hall–Kier alpha value is -0.880. The van der Waals surface area contributed by atoms with Crippen LogP contribution in [0, 0.1) is 0 Å². The minimum Gasteiger partial charge on any atom is -0.328 e. The Labute approximate surface area is 103 Å². The van der Waals surface area contributed by atoms with Crippen LogP contribution in [0.4, 0.5) is 10.5 Å². The summed E-state index contributed by atoms with van der Waals surface area (Å²) in [5.74, 6) is -0.257. The van der Waals surface area contributed by atoms with Crippen LogP contribution >= 0.6 is 31.9 Å². The first-order valence-electron chi connectivity index (χ1n) is 4.16. The van der Waals surface area contributed by atoms with Gasteiger partial charge in [-0.1, -0.05) is 6.07 Å². The second-order valence-electron chi connectivity index (χ2n) is 2.96. The average molecular weight is 334 g/mol. The highest BCUT2D eigenvalue weighted by atomic mass is 79.9. The number of hydrogen-bond acceptors (Lipinski definition) is 2. The lowest BCUT2D eigenvalue weighted by atomic mass is 10.3. The lowest BCUT2D eigenvalue weighted by Gasteiger charge is -2.15. The van der Waals surface area contributed by atoms with Crippen LogP contribution in [0.1, 0.15) is 0 Å². The predicted molar refractivity (Wildman–Crippen MR) is 62.7 cm³/mol. The smallest absolute Gasteiger partial charge is 0.328 e. The van der Waals surface area contributed by atoms with Gasteiger partial charge in [-0.15, -0.1) is 0 Å². The van der Waals surface area contributed by atoms with Gasteiger partial charge < -0.3 is 5.32 Å². The molecule has 15 heavy (non-hydrogen) atoms. The van der Waals surface area contributed by atoms with Gasteiger partial charge in [-0.25, -0.2) is 9.69 Å². The van der Waals surface area contributed by atoms with E-state index in [2.05, 4.69) is 37.2 Å². The van der Waals surface area contributed by atoms with Crippen molar-refractivity contribution in [2.75, 3.05) is 11.4 Å². The Bertz CT molecular complexity index is 411. The molecule has 6 heteroatoms. The number of benzene rings is 1. The topological polar surface area (TPSA) is 49.4 Å². The number of imide groups is 1. The Morgan fingerprint density at radius 1 is 1.20 bits per heavy atom. The third-order valence-corrected chi connectivity index (χ3v) is 3.28. The number of carbonyl (C=O) groups is 2. The molecule has 1 saturated heterocycles. The van der Waals surface area contributed by atoms with Crippen molar-refractivity contribution in [3.8, 4) is 0 Å². The van der Waals surface area contributed by atoms with Crippen LogP contribution in [0.5, 0.6) is 0 Å². The lowest BCUT2D eigenvalue weighted by Crippen LogP contribution is -2.31. The number of carbonyl (C=O) groups excluding carboxylic acids is 2. The van der Waals surface area contributed by atoms with Crippen molar-refractivity contribution in [2.45, 2.75) is 0 Å². The fourth-order valence-corrected chi connectivity index (χ4v) is 2.70. The molecule has 3 amide bonds. The van der Waals surface area contributed by atoms with Crippen molar-refractivity contribution >= 4 is 49.5 Å². The number of amides is 3. The number of halogens is 2. The molecular formula is C9H6Br2N2O2. The van der Waals surface area contributed by atoms with Crippen molar-refractivity contribution in [3.63, 3.8) is 0 Å². The molecule has 0 spiro atoms. The van der Waals surface area contributed by atoms with Crippen LogP contribution in [-0.4, -0.2) is 18.5 Å². The van der Waals surface area contributed by atoms with E-state index in [1.807, 2.05) is 6.07 Å². The van der Waals surface area contributed by atoms with Crippen LogP contribution in [-0.2, 0) is 4.79 Å². The highest BCUT2D eigenvalue weighted by Gasteiger charge is 2.32. The quantitative estimate of drug-likeness (QED) is 0.801. The van der Waals surface area contributed by atoms with Gasteiger partial charge in [0.05, 0.1) is 12.2 Å². The number of nitrogens with one attached hydrogen (secondary N) is 1. The molecule has 1 fully saturated rings. The van der Waals surface area contributed by atoms with Crippen molar-refractivity contribution < 1.29 is 9.59 Å². The third kappa shape index (κ3) is 1.79. The Balaban J connectivity index is 2.53. The van der Waals surface area contributed by atoms with E-state index in [1.165, 1.54) is 0 Å². The van der Waals surface area contributed by atoms with E-state index in [-0.39, 0.29) is 12.5 Å². The molecule has 1 heterocycles. The van der Waals surface area contributed by atoms with Gasteiger partial charge >= 0.3 is 6.03 Å². The van der Waals surface area contributed by atoms with Gasteiger partial charge in [0.2, 0.25) is 0 Å². The lowest BCUT2D eigenvalue weighted by molar-refractivity contribution is -0.115. The summed E-state index contributed by atoms with van der Waals surface area (Å²) in [5.41, 5.74) is 0.539. The van der Waals surface area contributed by atoms with Crippen LogP contribution < -0.4 is 10.2 Å². The van der Waals surface area contributed by atoms with Gasteiger partial charge in [-0.3, -0.25) is 4.79 Å². The van der Waals surface area contributed by atoms with Crippen LogP contribution in [0.3, 0.4) is 0 Å². The number of hydrogen-bond donors (Lipinski definition) is 1. The molecule has 4 nitrogen and oxygen atoms in total. The van der Waals surface area contributed by atoms with E-state index in [0.717, 1.165) is 4.90 Å². The fourth-order valence-electron chi connectivity index (χ4n) is 1.35. The van der Waals surface area contributed by atoms with Gasteiger partial charge in [0, 0.05) is 8.95 Å². The molecule has 1 aromatic carbocycles. The average Bonchev–Trinajstić information content (AvgIpc) is 2.49. The molecule has 0 unspecified atom stereocenters. The normalized spacial score (nSPS) is 15.7. The van der Waals surface area contributed by atoms with Crippen molar-refractivity contribution in [1.82, 2.24) is 5.32 Å². The first-order chi connectivity index (χ1) is 7.11. The molecule has 1 N–H and O–H groups in total. The van der Waals surface area contributed by atoms with Gasteiger partial charge in [-0.05, 0) is 44.0 Å². The van der Waals surface area contributed by atoms with Gasteiger partial charge in [-0.2, -0.15) is 0 Å². The first kappa shape index (κ1) is 10.6. The molecule has 0 aliphatic carbocycles. The van der Waals surface area contributed by atoms with Crippen LogP contribution in [0.15, 0.2) is 27.1 Å². The van der Waals surface area contributed by atoms with Crippen molar-refractivity contribution in [2.24, 2.45) is 0 Å². The minimum absolute atomic E-state index is 0.0482.